The molecule has 4 heteroatoms. The number of cyclic esters (lactones) is 1. The number of rotatable bonds is 2. The van der Waals surface area contributed by atoms with Crippen LogP contribution in [0.2, 0.25) is 0 Å². The molecular formula is C10H11NO3. The summed E-state index contributed by atoms with van der Waals surface area (Å²) in [5, 5.41) is 8.94. The van der Waals surface area contributed by atoms with E-state index in [9.17, 15) is 4.79 Å². The highest BCUT2D eigenvalue weighted by Crippen LogP contribution is 2.19. The SMILES string of the molecule is O=C1OCCN1c1cccc(CO)c1. The molecule has 0 aromatic heterocycles. The molecule has 1 heterocycles. The number of hydrogen-bond acceptors (Lipinski definition) is 3. The fourth-order valence-corrected chi connectivity index (χ4v) is 1.45. The minimum Gasteiger partial charge on any atom is -0.447 e. The molecule has 0 aliphatic carbocycles. The summed E-state index contributed by atoms with van der Waals surface area (Å²) >= 11 is 0. The Labute approximate surface area is 81.7 Å². The maximum absolute atomic E-state index is 11.2. The highest BCUT2D eigenvalue weighted by atomic mass is 16.6. The van der Waals surface area contributed by atoms with Crippen molar-refractivity contribution in [2.75, 3.05) is 18.1 Å². The largest absolute Gasteiger partial charge is 0.447 e. The zero-order valence-electron chi connectivity index (χ0n) is 7.64. The van der Waals surface area contributed by atoms with Crippen LogP contribution in [0.4, 0.5) is 10.5 Å². The van der Waals surface area contributed by atoms with E-state index in [0.29, 0.717) is 13.2 Å². The maximum Gasteiger partial charge on any atom is 0.414 e. The lowest BCUT2D eigenvalue weighted by molar-refractivity contribution is 0.181. The first-order valence-corrected chi connectivity index (χ1v) is 4.45. The van der Waals surface area contributed by atoms with Gasteiger partial charge in [-0.3, -0.25) is 4.90 Å². The number of carbonyl (C=O) groups is 1. The van der Waals surface area contributed by atoms with Crippen molar-refractivity contribution in [1.29, 1.82) is 0 Å². The van der Waals surface area contributed by atoms with Crippen LogP contribution >= 0.6 is 0 Å². The molecule has 0 radical (unpaired) electrons. The Kier molecular flexibility index (Phi) is 2.37. The van der Waals surface area contributed by atoms with Gasteiger partial charge in [-0.25, -0.2) is 4.79 Å². The molecule has 1 aliphatic heterocycles. The molecule has 0 saturated carbocycles. The highest BCUT2D eigenvalue weighted by molar-refractivity contribution is 5.89. The molecule has 1 aromatic carbocycles. The monoisotopic (exact) mass is 193 g/mol. The van der Waals surface area contributed by atoms with Crippen LogP contribution in [0.1, 0.15) is 5.56 Å². The average molecular weight is 193 g/mol. The number of ether oxygens (including phenoxy) is 1. The predicted molar refractivity (Wildman–Crippen MR) is 51.1 cm³/mol. The number of carbonyl (C=O) groups excluding carboxylic acids is 1. The minimum atomic E-state index is -0.319. The molecule has 1 aliphatic rings. The Morgan fingerprint density at radius 2 is 2.36 bits per heavy atom. The minimum absolute atomic E-state index is 0.0171. The molecule has 1 fully saturated rings. The van der Waals surface area contributed by atoms with Gasteiger partial charge in [-0.05, 0) is 17.7 Å². The summed E-state index contributed by atoms with van der Waals surface area (Å²) < 4.78 is 4.82. The van der Waals surface area contributed by atoms with Crippen LogP contribution in [0.25, 0.3) is 0 Å². The standard InChI is InChI=1S/C10H11NO3/c12-7-8-2-1-3-9(6-8)11-4-5-14-10(11)13/h1-3,6,12H,4-5,7H2. The van der Waals surface area contributed by atoms with Gasteiger partial charge >= 0.3 is 6.09 Å². The fraction of sp³-hybridized carbons (Fsp3) is 0.300. The molecule has 0 unspecified atom stereocenters. The molecule has 14 heavy (non-hydrogen) atoms. The summed E-state index contributed by atoms with van der Waals surface area (Å²) in [7, 11) is 0. The van der Waals surface area contributed by atoms with Gasteiger partial charge in [-0.1, -0.05) is 12.1 Å². The fourth-order valence-electron chi connectivity index (χ4n) is 1.45. The highest BCUT2D eigenvalue weighted by Gasteiger charge is 2.23. The Morgan fingerprint density at radius 1 is 1.50 bits per heavy atom. The van der Waals surface area contributed by atoms with E-state index in [1.165, 1.54) is 0 Å². The van der Waals surface area contributed by atoms with Crippen LogP contribution in [-0.4, -0.2) is 24.4 Å². The summed E-state index contributed by atoms with van der Waals surface area (Å²) in [6.45, 7) is 0.993. The first kappa shape index (κ1) is 9.02. The lowest BCUT2D eigenvalue weighted by Crippen LogP contribution is -2.23. The topological polar surface area (TPSA) is 49.8 Å². The normalized spacial score (nSPS) is 15.8. The zero-order chi connectivity index (χ0) is 9.97. The number of benzene rings is 1. The number of amides is 1. The van der Waals surface area contributed by atoms with Gasteiger partial charge in [0.15, 0.2) is 0 Å². The van der Waals surface area contributed by atoms with Crippen LogP contribution in [-0.2, 0) is 11.3 Å². The molecule has 1 N–H and O–H groups in total. The molecule has 1 aromatic rings. The maximum atomic E-state index is 11.2. The van der Waals surface area contributed by atoms with Crippen LogP contribution in [0, 0.1) is 0 Å². The van der Waals surface area contributed by atoms with E-state index in [-0.39, 0.29) is 12.7 Å². The van der Waals surface area contributed by atoms with Gasteiger partial charge < -0.3 is 9.84 Å². The van der Waals surface area contributed by atoms with Gasteiger partial charge in [-0.2, -0.15) is 0 Å². The smallest absolute Gasteiger partial charge is 0.414 e. The summed E-state index contributed by atoms with van der Waals surface area (Å²) in [5.41, 5.74) is 1.57. The van der Waals surface area contributed by atoms with Crippen molar-refractivity contribution < 1.29 is 14.6 Å². The van der Waals surface area contributed by atoms with Crippen molar-refractivity contribution in [2.45, 2.75) is 6.61 Å². The second kappa shape index (κ2) is 3.67. The van der Waals surface area contributed by atoms with E-state index >= 15 is 0 Å². The molecule has 2 rings (SSSR count). The molecule has 0 bridgehead atoms. The zero-order valence-corrected chi connectivity index (χ0v) is 7.64. The van der Waals surface area contributed by atoms with Crippen molar-refractivity contribution >= 4 is 11.8 Å². The van der Waals surface area contributed by atoms with Crippen LogP contribution in [0.3, 0.4) is 0 Å². The van der Waals surface area contributed by atoms with Gasteiger partial charge in [0.1, 0.15) is 6.61 Å². The lowest BCUT2D eigenvalue weighted by Gasteiger charge is -2.12. The molecule has 0 atom stereocenters. The Hall–Kier alpha value is -1.55. The Bertz CT molecular complexity index is 351. The van der Waals surface area contributed by atoms with Crippen molar-refractivity contribution in [2.24, 2.45) is 0 Å². The average Bonchev–Trinajstić information content (AvgIpc) is 2.65. The van der Waals surface area contributed by atoms with Crippen molar-refractivity contribution in [3.05, 3.63) is 29.8 Å². The number of hydrogen-bond donors (Lipinski definition) is 1. The van der Waals surface area contributed by atoms with E-state index in [0.717, 1.165) is 11.3 Å². The third-order valence-electron chi connectivity index (χ3n) is 2.17. The lowest BCUT2D eigenvalue weighted by atomic mass is 10.2. The van der Waals surface area contributed by atoms with Gasteiger partial charge in [-0.15, -0.1) is 0 Å². The Morgan fingerprint density at radius 3 is 3.00 bits per heavy atom. The number of aliphatic hydroxyl groups is 1. The van der Waals surface area contributed by atoms with E-state index in [1.807, 2.05) is 18.2 Å². The first-order chi connectivity index (χ1) is 6.81. The Balaban J connectivity index is 2.26. The summed E-state index contributed by atoms with van der Waals surface area (Å²) in [6, 6.07) is 7.23. The van der Waals surface area contributed by atoms with Gasteiger partial charge in [0.05, 0.1) is 13.2 Å². The summed E-state index contributed by atoms with van der Waals surface area (Å²) in [5.74, 6) is 0. The van der Waals surface area contributed by atoms with Crippen LogP contribution in [0.5, 0.6) is 0 Å². The van der Waals surface area contributed by atoms with Gasteiger partial charge in [0.25, 0.3) is 0 Å². The van der Waals surface area contributed by atoms with E-state index < -0.39 is 0 Å². The number of anilines is 1. The van der Waals surface area contributed by atoms with E-state index in [4.69, 9.17) is 9.84 Å². The van der Waals surface area contributed by atoms with Crippen LogP contribution < -0.4 is 4.90 Å². The van der Waals surface area contributed by atoms with Gasteiger partial charge in [0, 0.05) is 5.69 Å². The number of nitrogens with zero attached hydrogens (tertiary/aromatic N) is 1. The summed E-state index contributed by atoms with van der Waals surface area (Å²) in [6.07, 6.45) is -0.319. The second-order valence-corrected chi connectivity index (χ2v) is 3.09. The second-order valence-electron chi connectivity index (χ2n) is 3.09. The summed E-state index contributed by atoms with van der Waals surface area (Å²) in [4.78, 5) is 12.8. The third-order valence-corrected chi connectivity index (χ3v) is 2.17. The third kappa shape index (κ3) is 1.56. The van der Waals surface area contributed by atoms with Crippen molar-refractivity contribution in [3.8, 4) is 0 Å². The van der Waals surface area contributed by atoms with Crippen molar-refractivity contribution in [1.82, 2.24) is 0 Å². The predicted octanol–water partition coefficient (Wildman–Crippen LogP) is 1.14. The number of aliphatic hydroxyl groups excluding tert-OH is 1. The van der Waals surface area contributed by atoms with E-state index in [1.54, 1.807) is 11.0 Å². The molecule has 1 saturated heterocycles. The van der Waals surface area contributed by atoms with Gasteiger partial charge in [0.2, 0.25) is 0 Å². The molecular weight excluding hydrogens is 182 g/mol. The molecule has 4 nitrogen and oxygen atoms in total. The van der Waals surface area contributed by atoms with Crippen molar-refractivity contribution in [3.63, 3.8) is 0 Å². The molecule has 74 valence electrons. The van der Waals surface area contributed by atoms with E-state index in [2.05, 4.69) is 0 Å². The molecule has 1 amide bonds. The first-order valence-electron chi connectivity index (χ1n) is 4.45. The quantitative estimate of drug-likeness (QED) is 0.766. The molecule has 0 spiro atoms. The van der Waals surface area contributed by atoms with Crippen LogP contribution in [0.15, 0.2) is 24.3 Å².